The van der Waals surface area contributed by atoms with E-state index in [-0.39, 0.29) is 18.0 Å². The number of benzene rings is 1. The highest BCUT2D eigenvalue weighted by Crippen LogP contribution is 2.12. The van der Waals surface area contributed by atoms with Crippen molar-refractivity contribution in [3.05, 3.63) is 64.2 Å². The Morgan fingerprint density at radius 3 is 2.70 bits per heavy atom. The van der Waals surface area contributed by atoms with Crippen LogP contribution in [0.2, 0.25) is 0 Å². The van der Waals surface area contributed by atoms with Crippen LogP contribution in [0, 0.1) is 6.92 Å². The highest BCUT2D eigenvalue weighted by atomic mass is 16.2. The topological polar surface area (TPSA) is 68.9 Å². The number of nitrogens with one attached hydrogen (secondary N) is 1. The average molecular weight is 310 g/mol. The molecule has 6 nitrogen and oxygen atoms in total. The number of amides is 1. The highest BCUT2D eigenvalue weighted by molar-refractivity contribution is 5.81. The fourth-order valence-corrected chi connectivity index (χ4v) is 2.63. The quantitative estimate of drug-likeness (QED) is 0.791. The van der Waals surface area contributed by atoms with Gasteiger partial charge in [-0.25, -0.2) is 0 Å². The van der Waals surface area contributed by atoms with E-state index in [9.17, 15) is 9.59 Å². The van der Waals surface area contributed by atoms with Gasteiger partial charge in [-0.05, 0) is 18.6 Å². The van der Waals surface area contributed by atoms with Gasteiger partial charge >= 0.3 is 0 Å². The molecular weight excluding hydrogens is 292 g/mol. The summed E-state index contributed by atoms with van der Waals surface area (Å²) >= 11 is 0. The lowest BCUT2D eigenvalue weighted by molar-refractivity contribution is -0.121. The molecule has 118 valence electrons. The molecule has 23 heavy (non-hydrogen) atoms. The van der Waals surface area contributed by atoms with Gasteiger partial charge in [0, 0.05) is 25.2 Å². The van der Waals surface area contributed by atoms with Gasteiger partial charge in [-0.3, -0.25) is 14.3 Å². The first-order valence-corrected chi connectivity index (χ1v) is 7.39. The van der Waals surface area contributed by atoms with Crippen LogP contribution in [-0.2, 0) is 24.9 Å². The second-order valence-electron chi connectivity index (χ2n) is 5.48. The summed E-state index contributed by atoms with van der Waals surface area (Å²) in [6.45, 7) is 2.30. The Hall–Kier alpha value is -2.89. The predicted molar refractivity (Wildman–Crippen MR) is 88.0 cm³/mol. The number of hydrogen-bond donors (Lipinski definition) is 1. The lowest BCUT2D eigenvalue weighted by atomic mass is 10.2. The zero-order chi connectivity index (χ0) is 16.4. The third-order valence-corrected chi connectivity index (χ3v) is 3.80. The van der Waals surface area contributed by atoms with Gasteiger partial charge < -0.3 is 9.88 Å². The summed E-state index contributed by atoms with van der Waals surface area (Å²) < 4.78 is 2.97. The first-order chi connectivity index (χ1) is 11.1. The Bertz CT molecular complexity index is 909. The smallest absolute Gasteiger partial charge is 0.277 e. The molecule has 1 aromatic carbocycles. The second kappa shape index (κ2) is 6.08. The molecule has 0 bridgehead atoms. The molecule has 0 saturated carbocycles. The highest BCUT2D eigenvalue weighted by Gasteiger charge is 2.12. The van der Waals surface area contributed by atoms with E-state index in [1.54, 1.807) is 17.9 Å². The minimum Gasteiger partial charge on any atom is -0.350 e. The van der Waals surface area contributed by atoms with Crippen LogP contribution in [0.4, 0.5) is 0 Å². The number of fused-ring (bicyclic) bond motifs is 1. The molecule has 3 aromatic rings. The molecule has 6 heteroatoms. The lowest BCUT2D eigenvalue weighted by Gasteiger charge is -2.08. The molecule has 0 aliphatic carbocycles. The number of aryl methyl sites for hydroxylation is 2. The molecule has 2 aromatic heterocycles. The molecule has 0 spiro atoms. The van der Waals surface area contributed by atoms with Gasteiger partial charge in [-0.2, -0.15) is 5.10 Å². The maximum atomic E-state index is 12.5. The summed E-state index contributed by atoms with van der Waals surface area (Å²) in [5.74, 6) is -0.200. The summed E-state index contributed by atoms with van der Waals surface area (Å²) in [6.07, 6.45) is 1.64. The number of rotatable bonds is 4. The van der Waals surface area contributed by atoms with E-state index in [0.717, 1.165) is 16.6 Å². The zero-order valence-corrected chi connectivity index (χ0v) is 13.1. The van der Waals surface area contributed by atoms with Gasteiger partial charge in [-0.15, -0.1) is 0 Å². The molecule has 0 fully saturated rings. The van der Waals surface area contributed by atoms with Crippen molar-refractivity contribution < 1.29 is 4.79 Å². The molecule has 1 amide bonds. The van der Waals surface area contributed by atoms with E-state index >= 15 is 0 Å². The van der Waals surface area contributed by atoms with Crippen LogP contribution in [0.3, 0.4) is 0 Å². The van der Waals surface area contributed by atoms with E-state index in [0.29, 0.717) is 12.1 Å². The maximum Gasteiger partial charge on any atom is 0.277 e. The van der Waals surface area contributed by atoms with Crippen LogP contribution in [0.1, 0.15) is 11.3 Å². The Morgan fingerprint density at radius 1 is 1.22 bits per heavy atom. The molecule has 1 N–H and O–H groups in total. The lowest BCUT2D eigenvalue weighted by Crippen LogP contribution is -2.32. The molecule has 0 atom stereocenters. The van der Waals surface area contributed by atoms with E-state index in [1.165, 1.54) is 4.57 Å². The molecule has 0 aliphatic heterocycles. The minimum atomic E-state index is -0.208. The van der Waals surface area contributed by atoms with Crippen molar-refractivity contribution in [3.8, 4) is 0 Å². The number of carbonyl (C=O) groups is 1. The number of pyridine rings is 1. The second-order valence-corrected chi connectivity index (χ2v) is 5.48. The van der Waals surface area contributed by atoms with Gasteiger partial charge in [0.15, 0.2) is 0 Å². The molecule has 0 unspecified atom stereocenters. The third kappa shape index (κ3) is 3.01. The fourth-order valence-electron chi connectivity index (χ4n) is 2.63. The first kappa shape index (κ1) is 15.0. The average Bonchev–Trinajstić information content (AvgIpc) is 2.84. The number of nitrogens with zero attached hydrogens (tertiary/aromatic N) is 3. The first-order valence-electron chi connectivity index (χ1n) is 7.39. The van der Waals surface area contributed by atoms with Crippen LogP contribution in [0.25, 0.3) is 10.9 Å². The van der Waals surface area contributed by atoms with Crippen molar-refractivity contribution in [2.45, 2.75) is 20.0 Å². The third-order valence-electron chi connectivity index (χ3n) is 3.80. The predicted octanol–water partition coefficient (Wildman–Crippen LogP) is 1.36. The molecule has 0 radical (unpaired) electrons. The van der Waals surface area contributed by atoms with Gasteiger partial charge in [-0.1, -0.05) is 30.3 Å². The normalized spacial score (nSPS) is 10.9. The summed E-state index contributed by atoms with van der Waals surface area (Å²) in [5, 5.41) is 7.89. The fraction of sp³-hybridized carbons (Fsp3) is 0.235. The van der Waals surface area contributed by atoms with Gasteiger partial charge in [0.05, 0.1) is 5.69 Å². The van der Waals surface area contributed by atoms with Gasteiger partial charge in [0.1, 0.15) is 12.1 Å². The van der Waals surface area contributed by atoms with Crippen molar-refractivity contribution in [3.63, 3.8) is 0 Å². The van der Waals surface area contributed by atoms with Gasteiger partial charge in [0.25, 0.3) is 5.56 Å². The van der Waals surface area contributed by atoms with Crippen molar-refractivity contribution in [1.29, 1.82) is 0 Å². The minimum absolute atomic E-state index is 0.00810. The Labute approximate surface area is 133 Å². The van der Waals surface area contributed by atoms with Crippen LogP contribution in [-0.4, -0.2) is 20.3 Å². The summed E-state index contributed by atoms with van der Waals surface area (Å²) in [7, 11) is 1.73. The zero-order valence-electron chi connectivity index (χ0n) is 13.1. The monoisotopic (exact) mass is 310 g/mol. The molecule has 3 rings (SSSR count). The molecule has 0 saturated heterocycles. The van der Waals surface area contributed by atoms with Crippen molar-refractivity contribution >= 4 is 16.8 Å². The van der Waals surface area contributed by atoms with E-state index in [4.69, 9.17) is 0 Å². The van der Waals surface area contributed by atoms with Crippen LogP contribution in [0.15, 0.2) is 47.4 Å². The SMILES string of the molecule is Cc1nn(C)c2c(=O)n(CC(=O)NCc3ccccc3)ccc12. The van der Waals surface area contributed by atoms with E-state index < -0.39 is 0 Å². The largest absolute Gasteiger partial charge is 0.350 e. The Morgan fingerprint density at radius 2 is 1.96 bits per heavy atom. The van der Waals surface area contributed by atoms with Crippen molar-refractivity contribution in [2.24, 2.45) is 7.05 Å². The number of hydrogen-bond acceptors (Lipinski definition) is 3. The summed E-state index contributed by atoms with van der Waals surface area (Å²) in [5.41, 5.74) is 2.13. The number of aromatic nitrogens is 3. The number of carbonyl (C=O) groups excluding carboxylic acids is 1. The van der Waals surface area contributed by atoms with Crippen LogP contribution >= 0.6 is 0 Å². The van der Waals surface area contributed by atoms with Crippen molar-refractivity contribution in [1.82, 2.24) is 19.7 Å². The molecule has 0 aliphatic rings. The van der Waals surface area contributed by atoms with Gasteiger partial charge in [0.2, 0.25) is 5.91 Å². The summed E-state index contributed by atoms with van der Waals surface area (Å²) in [6, 6.07) is 11.5. The molecule has 2 heterocycles. The van der Waals surface area contributed by atoms with E-state index in [2.05, 4.69) is 10.4 Å². The Balaban J connectivity index is 1.76. The standard InChI is InChI=1S/C17H18N4O2/c1-12-14-8-9-21(17(23)16(14)20(2)19-12)11-15(22)18-10-13-6-4-3-5-7-13/h3-9H,10-11H2,1-2H3,(H,18,22). The van der Waals surface area contributed by atoms with Crippen molar-refractivity contribution in [2.75, 3.05) is 0 Å². The van der Waals surface area contributed by atoms with Crippen LogP contribution < -0.4 is 10.9 Å². The van der Waals surface area contributed by atoms with Crippen LogP contribution in [0.5, 0.6) is 0 Å². The Kier molecular flexibility index (Phi) is 3.97. The van der Waals surface area contributed by atoms with E-state index in [1.807, 2.05) is 43.3 Å². The summed E-state index contributed by atoms with van der Waals surface area (Å²) in [4.78, 5) is 24.6. The molecular formula is C17H18N4O2. The maximum absolute atomic E-state index is 12.5.